The van der Waals surface area contributed by atoms with E-state index >= 15 is 0 Å². The fraction of sp³-hybridized carbons (Fsp3) is 0.435. The Morgan fingerprint density at radius 2 is 0.210 bits per heavy atom. The van der Waals surface area contributed by atoms with Gasteiger partial charge < -0.3 is 29.7 Å². The van der Waals surface area contributed by atoms with E-state index in [0.717, 1.165) is 118 Å². The zero-order chi connectivity index (χ0) is 65.5. The summed E-state index contributed by atoms with van der Waals surface area (Å²) in [5.74, 6) is 18.7. The summed E-state index contributed by atoms with van der Waals surface area (Å²) in [6.07, 6.45) is -2.43. The molecule has 0 N–H and O–H groups in total. The van der Waals surface area contributed by atoms with Crippen LogP contribution in [0, 0.1) is 148 Å². The molecule has 0 atom stereocenters. The molecule has 8 radical (unpaired) electrons. The van der Waals surface area contributed by atoms with Crippen molar-refractivity contribution in [1.29, 1.82) is 0 Å². The molecule has 4 saturated carbocycles. The normalized spacial score (nSPS) is 27.8. The van der Waals surface area contributed by atoms with E-state index in [1.807, 2.05) is 0 Å². The van der Waals surface area contributed by atoms with Crippen LogP contribution in [0.1, 0.15) is 138 Å². The predicted molar refractivity (Wildman–Crippen MR) is 441 cm³/mol. The summed E-state index contributed by atoms with van der Waals surface area (Å²) < 4.78 is 0. The van der Waals surface area contributed by atoms with Gasteiger partial charge in [0, 0.05) is 73.1 Å². The van der Waals surface area contributed by atoms with Crippen LogP contribution in [0.2, 0.25) is 0 Å². The summed E-state index contributed by atoms with van der Waals surface area (Å²) in [5, 5.41) is 0. The first-order chi connectivity index (χ1) is 43.1. The van der Waals surface area contributed by atoms with Crippen LogP contribution in [0.3, 0.4) is 0 Å². The second-order valence-electron chi connectivity index (χ2n) is 30.2. The molecule has 12 rings (SSSR count). The molecule has 0 aromatic heterocycles. The largest absolute Gasteiger partial charge is 2.00 e. The summed E-state index contributed by atoms with van der Waals surface area (Å²) in [6.45, 7) is 48.0. The van der Waals surface area contributed by atoms with Gasteiger partial charge in [-0.15, -0.1) is 0 Å². The van der Waals surface area contributed by atoms with Crippen molar-refractivity contribution >= 4 is 90.1 Å². The van der Waals surface area contributed by atoms with Gasteiger partial charge in [-0.1, -0.05) is 381 Å². The van der Waals surface area contributed by atoms with Crippen molar-refractivity contribution in [3.63, 3.8) is 0 Å². The fourth-order valence-corrected chi connectivity index (χ4v) is 17.8. The van der Waals surface area contributed by atoms with Gasteiger partial charge >= 0.3 is 39.0 Å². The van der Waals surface area contributed by atoms with E-state index in [1.165, 1.54) is 43.7 Å². The molecule has 0 nitrogen and oxygen atoms in total. The summed E-state index contributed by atoms with van der Waals surface area (Å²) in [7, 11) is 0. The van der Waals surface area contributed by atoms with Crippen molar-refractivity contribution in [2.75, 3.05) is 0 Å². The number of hydrogen-bond donors (Lipinski definition) is 0. The molecule has 0 unspecified atom stereocenters. The van der Waals surface area contributed by atoms with Crippen LogP contribution >= 0.6 is 0 Å². The number of rotatable bonds is 8. The first kappa shape index (κ1) is 104. The Morgan fingerprint density at radius 3 is 0.270 bits per heavy atom. The van der Waals surface area contributed by atoms with Crippen molar-refractivity contribution in [2.45, 2.75) is 138 Å². The average Bonchev–Trinajstić information content (AvgIpc) is 1.16. The third-order valence-electron chi connectivity index (χ3n) is 27.0. The Labute approximate surface area is 690 Å². The van der Waals surface area contributed by atoms with Crippen LogP contribution in [0.5, 0.6) is 0 Å². The molecule has 0 amide bonds. The molecule has 4 aliphatic rings. The SMILES string of the molecule is CC1C(C)C(C)C(C)C1C.CC1C(C)C(C)C(C)C1C.CC1C(C)C(C)C(C)C1C.CC1C(C)C(C)C(C)C1C.[CH3-].[CH3-].[CH3-].[CH3-].[Rh+2].[Rh+2].[Rh].[Rh].[Se].[Se].c1ccc([B-](c2ccccc2)(c2ccccc2)c2ccccc2)cc1.c1ccc([B-](c2ccccc2)(c2ccccc2)c2ccccc2)cc1. The van der Waals surface area contributed by atoms with Gasteiger partial charge in [0.25, 0.3) is 0 Å². The molecule has 0 heterocycles. The van der Waals surface area contributed by atoms with Crippen LogP contribution in [0.25, 0.3) is 0 Å². The van der Waals surface area contributed by atoms with Crippen molar-refractivity contribution < 1.29 is 77.9 Å². The van der Waals surface area contributed by atoms with Gasteiger partial charge in [-0.2, -0.15) is 43.7 Å². The quantitative estimate of drug-likeness (QED) is 0.105. The van der Waals surface area contributed by atoms with E-state index in [-0.39, 0.29) is 142 Å². The maximum absolute atomic E-state index is 2.40. The zero-order valence-electron chi connectivity index (χ0n) is 65.9. The first-order valence-electron chi connectivity index (χ1n) is 35.8. The van der Waals surface area contributed by atoms with Gasteiger partial charge in [0.1, 0.15) is 12.3 Å². The summed E-state index contributed by atoms with van der Waals surface area (Å²) in [4.78, 5) is 0. The number of benzene rings is 8. The van der Waals surface area contributed by atoms with Crippen LogP contribution in [-0.2, 0) is 77.9 Å². The van der Waals surface area contributed by atoms with E-state index in [9.17, 15) is 0 Å². The minimum absolute atomic E-state index is 0. The van der Waals surface area contributed by atoms with Gasteiger partial charge in [-0.25, -0.2) is 0 Å². The van der Waals surface area contributed by atoms with E-state index in [2.05, 4.69) is 381 Å². The van der Waals surface area contributed by atoms with Crippen LogP contribution in [0.15, 0.2) is 243 Å². The molecule has 4 aliphatic carbocycles. The summed E-state index contributed by atoms with van der Waals surface area (Å²) >= 11 is 0. The Balaban J connectivity index is -0.000000572. The minimum Gasteiger partial charge on any atom is -0.358 e. The molecular formula is C92H132B2Rh4Se2-2. The molecule has 8 aromatic rings. The van der Waals surface area contributed by atoms with Crippen molar-refractivity contribution in [1.82, 2.24) is 0 Å². The van der Waals surface area contributed by atoms with Crippen molar-refractivity contribution in [3.8, 4) is 0 Å². The zero-order valence-corrected chi connectivity index (χ0v) is 75.9. The van der Waals surface area contributed by atoms with Crippen molar-refractivity contribution in [3.05, 3.63) is 272 Å². The molecule has 0 saturated heterocycles. The Morgan fingerprint density at radius 1 is 0.150 bits per heavy atom. The monoisotopic (exact) mass is 1830 g/mol. The van der Waals surface area contributed by atoms with E-state index < -0.39 is 12.3 Å². The molecule has 8 heteroatoms. The molecule has 0 aliphatic heterocycles. The topological polar surface area (TPSA) is 0 Å². The smallest absolute Gasteiger partial charge is 0.358 e. The summed E-state index contributed by atoms with van der Waals surface area (Å²) in [5.41, 5.74) is 10.7. The van der Waals surface area contributed by atoms with E-state index in [1.54, 1.807) is 0 Å². The van der Waals surface area contributed by atoms with Crippen LogP contribution in [0.4, 0.5) is 0 Å². The summed E-state index contributed by atoms with van der Waals surface area (Å²) in [6, 6.07) is 87.1. The molecule has 556 valence electrons. The molecule has 0 spiro atoms. The average molecular weight is 1830 g/mol. The number of hydrogen-bond acceptors (Lipinski definition) is 0. The van der Waals surface area contributed by atoms with E-state index in [4.69, 9.17) is 0 Å². The van der Waals surface area contributed by atoms with Crippen molar-refractivity contribution in [2.24, 2.45) is 118 Å². The third-order valence-corrected chi connectivity index (χ3v) is 27.0. The van der Waals surface area contributed by atoms with Crippen LogP contribution in [-0.4, -0.2) is 46.4 Å². The second-order valence-corrected chi connectivity index (χ2v) is 30.2. The molecule has 100 heavy (non-hydrogen) atoms. The van der Waals surface area contributed by atoms with Crippen LogP contribution < -0.4 is 43.7 Å². The second kappa shape index (κ2) is 49.3. The maximum atomic E-state index is 2.40. The third kappa shape index (κ3) is 23.7. The standard InChI is InChI=1S/2C24H20B.4C10H20.4CH3.4Rh.2Se/c2*1-5-13-21(14-6-1)25(22-15-7-2-8-16-22,23-17-9-3-10-18-23)24-19-11-4-12-20-24;4*1-6-7(2)9(4)10(5)8(6)3;;;;;;;;;;/h2*1-20H;4*6-10H,1-5H3;4*1H3;;;;;;/q2*-1;;;;;4*-1;;;2*+2;;. The molecule has 0 bridgehead atoms. The van der Waals surface area contributed by atoms with Gasteiger partial charge in [0.2, 0.25) is 0 Å². The molecule has 4 fully saturated rings. The van der Waals surface area contributed by atoms with Gasteiger partial charge in [-0.3, -0.25) is 0 Å². The van der Waals surface area contributed by atoms with E-state index in [0.29, 0.717) is 0 Å². The van der Waals surface area contributed by atoms with Gasteiger partial charge in [0.15, 0.2) is 0 Å². The molecule has 8 aromatic carbocycles. The van der Waals surface area contributed by atoms with Gasteiger partial charge in [-0.05, 0) is 118 Å². The molecular weight excluding hydrogens is 1700 g/mol. The predicted octanol–water partition coefficient (Wildman–Crippen LogP) is 19.9. The minimum atomic E-state index is -1.22. The maximum Gasteiger partial charge on any atom is 2.00 e. The Kier molecular flexibility index (Phi) is 51.2. The Hall–Kier alpha value is -2.58. The van der Waals surface area contributed by atoms with Gasteiger partial charge in [0.05, 0.1) is 0 Å². The first-order valence-corrected chi connectivity index (χ1v) is 35.8. The fourth-order valence-electron chi connectivity index (χ4n) is 17.8. The Bertz CT molecular complexity index is 2490.